The Kier molecular flexibility index (Phi) is 7.03. The average Bonchev–Trinajstić information content (AvgIpc) is 2.05. The van der Waals surface area contributed by atoms with Crippen molar-refractivity contribution >= 4 is 0 Å². The molecule has 0 aromatic carbocycles. The van der Waals surface area contributed by atoms with E-state index in [1.165, 1.54) is 0 Å². The second kappa shape index (κ2) is 7.47. The van der Waals surface area contributed by atoms with Gasteiger partial charge in [-0.25, -0.2) is 0 Å². The van der Waals surface area contributed by atoms with Crippen LogP contribution in [0.2, 0.25) is 0 Å². The van der Waals surface area contributed by atoms with Crippen molar-refractivity contribution in [3.05, 3.63) is 25.3 Å². The van der Waals surface area contributed by atoms with E-state index in [2.05, 4.69) is 13.2 Å². The Labute approximate surface area is 67.5 Å². The molecule has 0 heterocycles. The Bertz CT molecular complexity index is 103. The first kappa shape index (κ1) is 10.4. The van der Waals surface area contributed by atoms with Crippen molar-refractivity contribution in [1.29, 1.82) is 0 Å². The van der Waals surface area contributed by atoms with Crippen LogP contribution in [-0.2, 0) is 9.47 Å². The average molecular weight is 157 g/mol. The largest absolute Gasteiger partial charge is 0.347 e. The molecular weight excluding hydrogens is 142 g/mol. The van der Waals surface area contributed by atoms with Gasteiger partial charge in [0, 0.05) is 6.54 Å². The standard InChI is InChI=1S/C8H15NO2/c1-3-5-10-8(7-9)11-6-4-2/h3-4,8H,1-2,5-7,9H2. The number of hydrogen-bond acceptors (Lipinski definition) is 3. The highest BCUT2D eigenvalue weighted by molar-refractivity contribution is 4.67. The van der Waals surface area contributed by atoms with Gasteiger partial charge in [0.15, 0.2) is 6.29 Å². The maximum absolute atomic E-state index is 5.34. The summed E-state index contributed by atoms with van der Waals surface area (Å²) >= 11 is 0. The maximum atomic E-state index is 5.34. The van der Waals surface area contributed by atoms with Crippen LogP contribution in [0.1, 0.15) is 0 Å². The third kappa shape index (κ3) is 5.79. The van der Waals surface area contributed by atoms with E-state index in [1.807, 2.05) is 0 Å². The van der Waals surface area contributed by atoms with Gasteiger partial charge in [0.25, 0.3) is 0 Å². The second-order valence-electron chi connectivity index (χ2n) is 1.91. The predicted octanol–water partition coefficient (Wildman–Crippen LogP) is 0.676. The summed E-state index contributed by atoms with van der Waals surface area (Å²) in [5.74, 6) is 0. The molecule has 0 amide bonds. The van der Waals surface area contributed by atoms with Gasteiger partial charge in [-0.15, -0.1) is 13.2 Å². The smallest absolute Gasteiger partial charge is 0.170 e. The Hall–Kier alpha value is -0.640. The summed E-state index contributed by atoms with van der Waals surface area (Å²) in [5, 5.41) is 0. The molecule has 0 atom stereocenters. The molecular formula is C8H15NO2. The summed E-state index contributed by atoms with van der Waals surface area (Å²) in [5.41, 5.74) is 5.34. The molecule has 3 heteroatoms. The summed E-state index contributed by atoms with van der Waals surface area (Å²) in [6, 6.07) is 0. The predicted molar refractivity (Wildman–Crippen MR) is 45.1 cm³/mol. The van der Waals surface area contributed by atoms with Gasteiger partial charge in [-0.2, -0.15) is 0 Å². The minimum Gasteiger partial charge on any atom is -0.347 e. The molecule has 0 aliphatic carbocycles. The quantitative estimate of drug-likeness (QED) is 0.436. The molecule has 0 aromatic heterocycles. The first-order chi connectivity index (χ1) is 5.35. The molecule has 64 valence electrons. The van der Waals surface area contributed by atoms with Gasteiger partial charge >= 0.3 is 0 Å². The summed E-state index contributed by atoms with van der Waals surface area (Å²) in [7, 11) is 0. The van der Waals surface area contributed by atoms with Crippen LogP contribution in [-0.4, -0.2) is 26.0 Å². The summed E-state index contributed by atoms with van der Waals surface area (Å²) in [6.45, 7) is 8.27. The normalized spacial score (nSPS) is 10.0. The molecule has 0 bridgehead atoms. The van der Waals surface area contributed by atoms with Crippen LogP contribution >= 0.6 is 0 Å². The Morgan fingerprint density at radius 2 is 1.64 bits per heavy atom. The zero-order valence-corrected chi connectivity index (χ0v) is 6.66. The van der Waals surface area contributed by atoms with Crippen LogP contribution in [0.3, 0.4) is 0 Å². The van der Waals surface area contributed by atoms with E-state index in [4.69, 9.17) is 15.2 Å². The molecule has 11 heavy (non-hydrogen) atoms. The fourth-order valence-corrected chi connectivity index (χ4v) is 0.535. The van der Waals surface area contributed by atoms with E-state index in [1.54, 1.807) is 12.2 Å². The Morgan fingerprint density at radius 3 is 1.91 bits per heavy atom. The van der Waals surface area contributed by atoms with Crippen molar-refractivity contribution in [2.24, 2.45) is 5.73 Å². The van der Waals surface area contributed by atoms with Crippen LogP contribution in [0, 0.1) is 0 Å². The lowest BCUT2D eigenvalue weighted by Crippen LogP contribution is -2.27. The van der Waals surface area contributed by atoms with Crippen LogP contribution in [0.4, 0.5) is 0 Å². The molecule has 0 aliphatic rings. The molecule has 0 aromatic rings. The van der Waals surface area contributed by atoms with E-state index in [0.29, 0.717) is 19.8 Å². The highest BCUT2D eigenvalue weighted by Gasteiger charge is 2.03. The molecule has 0 unspecified atom stereocenters. The summed E-state index contributed by atoms with van der Waals surface area (Å²) < 4.78 is 10.3. The molecule has 0 fully saturated rings. The summed E-state index contributed by atoms with van der Waals surface area (Å²) in [4.78, 5) is 0. The first-order valence-corrected chi connectivity index (χ1v) is 3.50. The Balaban J connectivity index is 3.39. The van der Waals surface area contributed by atoms with Gasteiger partial charge < -0.3 is 15.2 Å². The zero-order chi connectivity index (χ0) is 8.53. The minimum absolute atomic E-state index is 0.342. The van der Waals surface area contributed by atoms with E-state index in [9.17, 15) is 0 Å². The molecule has 0 aliphatic heterocycles. The van der Waals surface area contributed by atoms with Crippen molar-refractivity contribution in [3.63, 3.8) is 0 Å². The highest BCUT2D eigenvalue weighted by Crippen LogP contribution is 1.92. The second-order valence-corrected chi connectivity index (χ2v) is 1.91. The van der Waals surface area contributed by atoms with Gasteiger partial charge in [0.05, 0.1) is 13.2 Å². The van der Waals surface area contributed by atoms with Crippen molar-refractivity contribution in [2.45, 2.75) is 6.29 Å². The highest BCUT2D eigenvalue weighted by atomic mass is 16.7. The number of nitrogens with two attached hydrogens (primary N) is 1. The zero-order valence-electron chi connectivity index (χ0n) is 6.66. The molecule has 0 saturated heterocycles. The van der Waals surface area contributed by atoms with E-state index < -0.39 is 0 Å². The van der Waals surface area contributed by atoms with Gasteiger partial charge in [-0.3, -0.25) is 0 Å². The third-order valence-electron chi connectivity index (χ3n) is 0.992. The maximum Gasteiger partial charge on any atom is 0.170 e. The van der Waals surface area contributed by atoms with Crippen LogP contribution in [0.25, 0.3) is 0 Å². The number of ether oxygens (including phenoxy) is 2. The fraction of sp³-hybridized carbons (Fsp3) is 0.500. The minimum atomic E-state index is -0.342. The Morgan fingerprint density at radius 1 is 1.18 bits per heavy atom. The van der Waals surface area contributed by atoms with Crippen LogP contribution in [0.5, 0.6) is 0 Å². The fourth-order valence-electron chi connectivity index (χ4n) is 0.535. The van der Waals surface area contributed by atoms with Crippen LogP contribution in [0.15, 0.2) is 25.3 Å². The lowest BCUT2D eigenvalue weighted by molar-refractivity contribution is -0.119. The van der Waals surface area contributed by atoms with Gasteiger partial charge in [0.1, 0.15) is 0 Å². The van der Waals surface area contributed by atoms with Crippen molar-refractivity contribution < 1.29 is 9.47 Å². The van der Waals surface area contributed by atoms with Gasteiger partial charge in [-0.05, 0) is 0 Å². The van der Waals surface area contributed by atoms with Crippen LogP contribution < -0.4 is 5.73 Å². The van der Waals surface area contributed by atoms with Crippen molar-refractivity contribution in [2.75, 3.05) is 19.8 Å². The first-order valence-electron chi connectivity index (χ1n) is 3.50. The van der Waals surface area contributed by atoms with E-state index in [-0.39, 0.29) is 6.29 Å². The lowest BCUT2D eigenvalue weighted by Gasteiger charge is -2.13. The molecule has 0 spiro atoms. The third-order valence-corrected chi connectivity index (χ3v) is 0.992. The number of hydrogen-bond donors (Lipinski definition) is 1. The number of rotatable bonds is 7. The summed E-state index contributed by atoms with van der Waals surface area (Å²) in [6.07, 6.45) is 2.96. The van der Waals surface area contributed by atoms with Crippen molar-refractivity contribution in [1.82, 2.24) is 0 Å². The van der Waals surface area contributed by atoms with E-state index >= 15 is 0 Å². The molecule has 2 N–H and O–H groups in total. The lowest BCUT2D eigenvalue weighted by atomic mass is 10.6. The topological polar surface area (TPSA) is 44.5 Å². The van der Waals surface area contributed by atoms with Gasteiger partial charge in [0.2, 0.25) is 0 Å². The molecule has 0 saturated carbocycles. The van der Waals surface area contributed by atoms with E-state index in [0.717, 1.165) is 0 Å². The molecule has 0 rings (SSSR count). The molecule has 3 nitrogen and oxygen atoms in total. The SMILES string of the molecule is C=CCOC(CN)OCC=C. The monoisotopic (exact) mass is 157 g/mol. The van der Waals surface area contributed by atoms with Crippen molar-refractivity contribution in [3.8, 4) is 0 Å². The van der Waals surface area contributed by atoms with Gasteiger partial charge in [-0.1, -0.05) is 12.2 Å². The molecule has 0 radical (unpaired) electrons.